The number of halogens is 2. The minimum Gasteiger partial charge on any atom is -0.489 e. The number of carbonyl (C=O) groups excluding carboxylic acids is 2. The molecule has 0 aromatic carbocycles. The first-order valence-corrected chi connectivity index (χ1v) is 17.1. The Labute approximate surface area is 282 Å². The summed E-state index contributed by atoms with van der Waals surface area (Å²) in [4.78, 5) is 36.0. The Morgan fingerprint density at radius 1 is 1.19 bits per heavy atom. The maximum atomic E-state index is 16.3. The van der Waals surface area contributed by atoms with E-state index in [1.165, 1.54) is 0 Å². The lowest BCUT2D eigenvalue weighted by Gasteiger charge is -2.25. The monoisotopic (exact) mass is 672 g/mol. The maximum Gasteiger partial charge on any atom is 0.251 e. The summed E-state index contributed by atoms with van der Waals surface area (Å²) in [5.74, 6) is -0.338. The minimum atomic E-state index is -1.59. The van der Waals surface area contributed by atoms with Crippen molar-refractivity contribution in [3.8, 4) is 22.9 Å². The topological polar surface area (TPSA) is 134 Å². The number of nitrogens with zero attached hydrogens (tertiary/aromatic N) is 4. The smallest absolute Gasteiger partial charge is 0.251 e. The van der Waals surface area contributed by atoms with Gasteiger partial charge in [-0.25, -0.2) is 13.9 Å². The van der Waals surface area contributed by atoms with E-state index < -0.39 is 22.9 Å². The Kier molecular flexibility index (Phi) is 7.21. The van der Waals surface area contributed by atoms with Crippen LogP contribution >= 0.6 is 11.6 Å². The van der Waals surface area contributed by atoms with Gasteiger partial charge < -0.3 is 20.5 Å². The van der Waals surface area contributed by atoms with Gasteiger partial charge in [-0.2, -0.15) is 5.10 Å². The third-order valence-electron chi connectivity index (χ3n) is 10.1. The van der Waals surface area contributed by atoms with E-state index in [1.807, 2.05) is 19.9 Å². The van der Waals surface area contributed by atoms with Crippen LogP contribution in [-0.2, 0) is 10.2 Å². The molecular formula is C36H38ClFN6O4. The molecule has 0 saturated heterocycles. The van der Waals surface area contributed by atoms with E-state index in [0.717, 1.165) is 36.9 Å². The number of primary amides is 1. The summed E-state index contributed by atoms with van der Waals surface area (Å²) in [5, 5.41) is 8.16. The highest BCUT2D eigenvalue weighted by atomic mass is 35.5. The molecule has 4 aromatic rings. The Hall–Kier alpha value is -4.25. The third kappa shape index (κ3) is 5.36. The Morgan fingerprint density at radius 2 is 1.96 bits per heavy atom. The molecule has 1 aliphatic heterocycles. The van der Waals surface area contributed by atoms with Gasteiger partial charge in [0, 0.05) is 47.1 Å². The normalized spacial score (nSPS) is 21.5. The molecular weight excluding hydrogens is 635 g/mol. The predicted molar refractivity (Wildman–Crippen MR) is 178 cm³/mol. The van der Waals surface area contributed by atoms with Crippen LogP contribution in [0.4, 0.5) is 4.39 Å². The molecule has 5 heterocycles. The number of hydrogen-bond donors (Lipinski definition) is 2. The van der Waals surface area contributed by atoms with Crippen LogP contribution in [0, 0.1) is 0 Å². The molecule has 3 fully saturated rings. The van der Waals surface area contributed by atoms with E-state index in [0.29, 0.717) is 69.2 Å². The van der Waals surface area contributed by atoms with Crippen molar-refractivity contribution in [2.75, 3.05) is 13.2 Å². The van der Waals surface area contributed by atoms with E-state index >= 15 is 4.39 Å². The second-order valence-corrected chi connectivity index (χ2v) is 14.7. The van der Waals surface area contributed by atoms with Gasteiger partial charge in [0.05, 0.1) is 27.8 Å². The number of rotatable bonds is 11. The standard InChI is InChI=1S/C36H38ClFN6O4/c1-18(2)30-29(37)23(8-11-40-30)31-32-24(35(3,17-47-32)34(39)46)15-27(42-31)25(36(38)9-10-36)16-41-33(45)20-12-21-14-26(19-4-5-19)43-44(21)28(13-20)48-22-6-7-22/h8,11-15,18-19,22,25H,4-7,9-10,16-17H2,1-3H3,(H2,39,46)(H,41,45)/t25-,35+/m1/s1. The van der Waals surface area contributed by atoms with Crippen molar-refractivity contribution in [2.45, 2.75) is 94.2 Å². The molecule has 0 radical (unpaired) electrons. The summed E-state index contributed by atoms with van der Waals surface area (Å²) < 4.78 is 30.3. The molecule has 10 nitrogen and oxygen atoms in total. The third-order valence-corrected chi connectivity index (χ3v) is 10.5. The van der Waals surface area contributed by atoms with E-state index in [1.54, 1.807) is 41.9 Å². The molecule has 2 atom stereocenters. The van der Waals surface area contributed by atoms with Gasteiger partial charge in [0.15, 0.2) is 0 Å². The van der Waals surface area contributed by atoms with Gasteiger partial charge in [-0.05, 0) is 75.6 Å². The number of amides is 2. The number of carbonyl (C=O) groups is 2. The molecule has 8 rings (SSSR count). The molecule has 4 aliphatic rings. The van der Waals surface area contributed by atoms with Gasteiger partial charge in [0.25, 0.3) is 5.91 Å². The summed E-state index contributed by atoms with van der Waals surface area (Å²) in [6, 6.07) is 8.97. The summed E-state index contributed by atoms with van der Waals surface area (Å²) in [6.07, 6.45) is 6.57. The van der Waals surface area contributed by atoms with Crippen molar-refractivity contribution in [1.82, 2.24) is 24.9 Å². The second-order valence-electron chi connectivity index (χ2n) is 14.3. The van der Waals surface area contributed by atoms with Gasteiger partial charge in [-0.1, -0.05) is 25.4 Å². The summed E-state index contributed by atoms with van der Waals surface area (Å²) in [6.45, 7) is 5.69. The molecule has 48 heavy (non-hydrogen) atoms. The molecule has 0 unspecified atom stereocenters. The average Bonchev–Trinajstić information content (AvgIpc) is 4.00. The van der Waals surface area contributed by atoms with Crippen LogP contribution in [-0.4, -0.2) is 56.3 Å². The van der Waals surface area contributed by atoms with Gasteiger partial charge in [0.2, 0.25) is 11.8 Å². The predicted octanol–water partition coefficient (Wildman–Crippen LogP) is 6.14. The fraction of sp³-hybridized carbons (Fsp3) is 0.472. The first kappa shape index (κ1) is 31.0. The molecule has 250 valence electrons. The summed E-state index contributed by atoms with van der Waals surface area (Å²) in [7, 11) is 0. The zero-order valence-corrected chi connectivity index (χ0v) is 27.9. The Balaban J connectivity index is 1.16. The van der Waals surface area contributed by atoms with Crippen molar-refractivity contribution >= 4 is 28.9 Å². The van der Waals surface area contributed by atoms with Crippen LogP contribution in [0.3, 0.4) is 0 Å². The first-order valence-electron chi connectivity index (χ1n) is 16.8. The van der Waals surface area contributed by atoms with Gasteiger partial charge in [-0.3, -0.25) is 14.6 Å². The Morgan fingerprint density at radius 3 is 2.62 bits per heavy atom. The van der Waals surface area contributed by atoms with Crippen molar-refractivity contribution in [3.05, 3.63) is 69.8 Å². The number of hydrogen-bond acceptors (Lipinski definition) is 7. The highest BCUT2D eigenvalue weighted by molar-refractivity contribution is 6.34. The summed E-state index contributed by atoms with van der Waals surface area (Å²) >= 11 is 6.89. The average molecular weight is 673 g/mol. The van der Waals surface area contributed by atoms with Crippen LogP contribution in [0.2, 0.25) is 5.02 Å². The van der Waals surface area contributed by atoms with E-state index in [2.05, 4.69) is 10.3 Å². The lowest BCUT2D eigenvalue weighted by Crippen LogP contribution is -2.40. The number of nitrogens with two attached hydrogens (primary N) is 1. The lowest BCUT2D eigenvalue weighted by molar-refractivity contribution is -0.123. The van der Waals surface area contributed by atoms with Crippen molar-refractivity contribution < 1.29 is 23.5 Å². The molecule has 0 bridgehead atoms. The molecule has 4 aromatic heterocycles. The second kappa shape index (κ2) is 11.1. The van der Waals surface area contributed by atoms with Gasteiger partial charge >= 0.3 is 0 Å². The number of fused-ring (bicyclic) bond motifs is 2. The zero-order chi connectivity index (χ0) is 33.5. The van der Waals surface area contributed by atoms with Crippen LogP contribution in [0.25, 0.3) is 16.8 Å². The van der Waals surface area contributed by atoms with Crippen molar-refractivity contribution in [1.29, 1.82) is 0 Å². The quantitative estimate of drug-likeness (QED) is 0.196. The van der Waals surface area contributed by atoms with Gasteiger partial charge in [0.1, 0.15) is 35.2 Å². The largest absolute Gasteiger partial charge is 0.489 e. The van der Waals surface area contributed by atoms with Gasteiger partial charge in [-0.15, -0.1) is 0 Å². The molecule has 3 N–H and O–H groups in total. The number of nitrogens with one attached hydrogen (secondary N) is 1. The highest BCUT2D eigenvalue weighted by Gasteiger charge is 2.53. The maximum absolute atomic E-state index is 16.3. The Bertz CT molecular complexity index is 1980. The molecule has 12 heteroatoms. The minimum absolute atomic E-state index is 0.0164. The molecule has 3 saturated carbocycles. The van der Waals surface area contributed by atoms with Crippen LogP contribution in [0.5, 0.6) is 11.6 Å². The zero-order valence-electron chi connectivity index (χ0n) is 27.2. The van der Waals surface area contributed by atoms with Crippen LogP contribution in [0.1, 0.15) is 110 Å². The molecule has 3 aliphatic carbocycles. The number of aromatic nitrogens is 4. The van der Waals surface area contributed by atoms with Crippen molar-refractivity contribution in [2.24, 2.45) is 5.73 Å². The van der Waals surface area contributed by atoms with E-state index in [4.69, 9.17) is 36.9 Å². The van der Waals surface area contributed by atoms with Crippen LogP contribution < -0.4 is 20.5 Å². The number of alkyl halides is 1. The van der Waals surface area contributed by atoms with E-state index in [-0.39, 0.29) is 31.1 Å². The first-order chi connectivity index (χ1) is 22.9. The molecule has 0 spiro atoms. The van der Waals surface area contributed by atoms with Crippen LogP contribution in [0.15, 0.2) is 36.5 Å². The highest BCUT2D eigenvalue weighted by Crippen LogP contribution is 2.53. The van der Waals surface area contributed by atoms with Crippen molar-refractivity contribution in [3.63, 3.8) is 0 Å². The lowest BCUT2D eigenvalue weighted by atomic mass is 9.81. The number of pyridine rings is 3. The summed E-state index contributed by atoms with van der Waals surface area (Å²) in [5.41, 5.74) is 7.89. The fourth-order valence-corrected chi connectivity index (χ4v) is 6.99. The SMILES string of the molecule is CC(C)c1nccc(-c2nc([C@@H](CNC(=O)c3cc(OC4CC4)n4nc(C5CC5)cc4c3)C3(F)CC3)cc3c2OC[C@]3(C)C(N)=O)c1Cl. The molecule has 2 amide bonds. The number of ether oxygens (including phenoxy) is 2. The fourth-order valence-electron chi connectivity index (χ4n) is 6.57. The van der Waals surface area contributed by atoms with E-state index in [9.17, 15) is 9.59 Å².